The van der Waals surface area contributed by atoms with Gasteiger partial charge in [-0.1, -0.05) is 13.3 Å². The summed E-state index contributed by atoms with van der Waals surface area (Å²) in [4.78, 5) is 21.1. The smallest absolute Gasteiger partial charge is 0.239 e. The molecule has 5 N–H and O–H groups in total. The fourth-order valence-electron chi connectivity index (χ4n) is 1.45. The number of carbonyl (C=O) groups excluding carboxylic acids is 1. The zero-order valence-electron chi connectivity index (χ0n) is 10.2. The van der Waals surface area contributed by atoms with Gasteiger partial charge in [-0.05, 0) is 22.4 Å². The molecule has 0 saturated heterocycles. The van der Waals surface area contributed by atoms with E-state index in [9.17, 15) is 4.79 Å². The summed E-state index contributed by atoms with van der Waals surface area (Å²) in [6, 6.07) is 0. The van der Waals surface area contributed by atoms with Crippen LogP contribution in [-0.2, 0) is 4.79 Å². The maximum Gasteiger partial charge on any atom is 0.239 e. The molecule has 1 amide bonds. The van der Waals surface area contributed by atoms with Gasteiger partial charge in [0, 0.05) is 12.7 Å². The molecule has 0 unspecified atom stereocenters. The minimum atomic E-state index is -0.404. The van der Waals surface area contributed by atoms with E-state index in [1.807, 2.05) is 0 Å². The number of nitrogens with two attached hydrogens (primary N) is 2. The zero-order valence-corrected chi connectivity index (χ0v) is 11.8. The van der Waals surface area contributed by atoms with Gasteiger partial charge in [0.05, 0.1) is 11.0 Å². The second-order valence-electron chi connectivity index (χ2n) is 3.75. The molecule has 0 aromatic carbocycles. The molecule has 0 fully saturated rings. The van der Waals surface area contributed by atoms with Gasteiger partial charge in [-0.25, -0.2) is 10.8 Å². The summed E-state index contributed by atoms with van der Waals surface area (Å²) < 4.78 is 0.693. The van der Waals surface area contributed by atoms with Gasteiger partial charge in [0.1, 0.15) is 5.82 Å². The number of anilines is 2. The average molecular weight is 317 g/mol. The molecule has 0 radical (unpaired) electrons. The second kappa shape index (κ2) is 7.12. The van der Waals surface area contributed by atoms with Crippen LogP contribution in [0.4, 0.5) is 11.8 Å². The van der Waals surface area contributed by atoms with Gasteiger partial charge in [0.25, 0.3) is 0 Å². The molecule has 7 nitrogen and oxygen atoms in total. The number of amides is 1. The van der Waals surface area contributed by atoms with Gasteiger partial charge in [-0.2, -0.15) is 4.98 Å². The van der Waals surface area contributed by atoms with Gasteiger partial charge < -0.3 is 10.6 Å². The van der Waals surface area contributed by atoms with Gasteiger partial charge in [-0.15, -0.1) is 0 Å². The number of unbranched alkanes of at least 4 members (excludes halogenated alkanes) is 1. The lowest BCUT2D eigenvalue weighted by Gasteiger charge is -2.23. The van der Waals surface area contributed by atoms with Gasteiger partial charge >= 0.3 is 0 Å². The number of nitrogens with one attached hydrogen (secondary N) is 1. The largest absolute Gasteiger partial charge is 0.368 e. The topological polar surface area (TPSA) is 110 Å². The first-order valence-electron chi connectivity index (χ1n) is 5.60. The van der Waals surface area contributed by atoms with Crippen LogP contribution in [0, 0.1) is 0 Å². The molecule has 1 rings (SSSR count). The maximum absolute atomic E-state index is 11.1. The van der Waals surface area contributed by atoms with Crippen molar-refractivity contribution in [3.05, 3.63) is 10.7 Å². The number of hydrogen-bond donors (Lipinski definition) is 3. The van der Waals surface area contributed by atoms with E-state index in [0.717, 1.165) is 12.8 Å². The van der Waals surface area contributed by atoms with Crippen molar-refractivity contribution in [3.8, 4) is 0 Å². The van der Waals surface area contributed by atoms with E-state index in [4.69, 9.17) is 11.6 Å². The van der Waals surface area contributed by atoms with Gasteiger partial charge in [-0.3, -0.25) is 10.2 Å². The van der Waals surface area contributed by atoms with Crippen LogP contribution in [0.5, 0.6) is 0 Å². The van der Waals surface area contributed by atoms with E-state index >= 15 is 0 Å². The summed E-state index contributed by atoms with van der Waals surface area (Å²) in [6.45, 7) is 2.88. The van der Waals surface area contributed by atoms with Crippen molar-refractivity contribution in [2.75, 3.05) is 23.4 Å². The molecule has 100 valence electrons. The van der Waals surface area contributed by atoms with Crippen molar-refractivity contribution >= 4 is 33.6 Å². The number of halogens is 1. The molecule has 0 aliphatic rings. The SMILES string of the molecule is CCCCN(CC(N)=O)c1nc(NN)ncc1Br. The molecular formula is C10H17BrN6O. The van der Waals surface area contributed by atoms with Crippen molar-refractivity contribution in [2.24, 2.45) is 11.6 Å². The standard InChI is InChI=1S/C10H17BrN6O/c1-2-3-4-17(6-8(12)18)9-7(11)5-14-10(15-9)16-13/h5H,2-4,6,13H2,1H3,(H2,12,18)(H,14,15,16). The predicted molar refractivity (Wildman–Crippen MR) is 73.9 cm³/mol. The summed E-state index contributed by atoms with van der Waals surface area (Å²) in [6.07, 6.45) is 3.53. The normalized spacial score (nSPS) is 10.2. The predicted octanol–water partition coefficient (Wildman–Crippen LogP) is 0.617. The highest BCUT2D eigenvalue weighted by molar-refractivity contribution is 9.10. The minimum absolute atomic E-state index is 0.111. The molecule has 0 spiro atoms. The summed E-state index contributed by atoms with van der Waals surface area (Å²) in [7, 11) is 0. The Balaban J connectivity index is 2.98. The Morgan fingerprint density at radius 2 is 2.33 bits per heavy atom. The molecule has 0 bridgehead atoms. The third-order valence-electron chi connectivity index (χ3n) is 2.28. The monoisotopic (exact) mass is 316 g/mol. The first-order chi connectivity index (χ1) is 8.58. The van der Waals surface area contributed by atoms with Crippen LogP contribution in [0.2, 0.25) is 0 Å². The minimum Gasteiger partial charge on any atom is -0.368 e. The van der Waals surface area contributed by atoms with E-state index in [-0.39, 0.29) is 6.54 Å². The highest BCUT2D eigenvalue weighted by Crippen LogP contribution is 2.24. The lowest BCUT2D eigenvalue weighted by Crippen LogP contribution is -2.35. The number of aromatic nitrogens is 2. The Kier molecular flexibility index (Phi) is 5.79. The third kappa shape index (κ3) is 4.11. The lowest BCUT2D eigenvalue weighted by molar-refractivity contribution is -0.116. The molecule has 8 heteroatoms. The first-order valence-corrected chi connectivity index (χ1v) is 6.40. The molecule has 1 aromatic heterocycles. The maximum atomic E-state index is 11.1. The zero-order chi connectivity index (χ0) is 13.5. The number of rotatable bonds is 7. The number of nitrogens with zero attached hydrogens (tertiary/aromatic N) is 3. The molecule has 18 heavy (non-hydrogen) atoms. The second-order valence-corrected chi connectivity index (χ2v) is 4.61. The fraction of sp³-hybridized carbons (Fsp3) is 0.500. The van der Waals surface area contributed by atoms with Crippen molar-refractivity contribution < 1.29 is 4.79 Å². The Morgan fingerprint density at radius 3 is 2.89 bits per heavy atom. The number of nitrogen functional groups attached to an aromatic ring is 1. The van der Waals surface area contributed by atoms with E-state index < -0.39 is 5.91 Å². The molecule has 0 saturated carbocycles. The van der Waals surface area contributed by atoms with Crippen LogP contribution < -0.4 is 21.9 Å². The van der Waals surface area contributed by atoms with Crippen molar-refractivity contribution in [2.45, 2.75) is 19.8 Å². The Morgan fingerprint density at radius 1 is 1.61 bits per heavy atom. The molecule has 0 aliphatic heterocycles. The van der Waals surface area contributed by atoms with Crippen molar-refractivity contribution in [1.82, 2.24) is 9.97 Å². The first kappa shape index (κ1) is 14.7. The van der Waals surface area contributed by atoms with Crippen LogP contribution >= 0.6 is 15.9 Å². The molecule has 1 aromatic rings. The van der Waals surface area contributed by atoms with E-state index in [1.54, 1.807) is 11.1 Å². The van der Waals surface area contributed by atoms with Crippen LogP contribution in [-0.4, -0.2) is 29.0 Å². The molecule has 0 aliphatic carbocycles. The Bertz CT molecular complexity index is 413. The molecule has 1 heterocycles. The highest BCUT2D eigenvalue weighted by Gasteiger charge is 2.15. The molecule has 0 atom stereocenters. The number of carbonyl (C=O) groups is 1. The lowest BCUT2D eigenvalue weighted by atomic mass is 10.3. The van der Waals surface area contributed by atoms with E-state index in [1.165, 1.54) is 0 Å². The van der Waals surface area contributed by atoms with Crippen LogP contribution in [0.15, 0.2) is 10.7 Å². The van der Waals surface area contributed by atoms with Crippen LogP contribution in [0.3, 0.4) is 0 Å². The average Bonchev–Trinajstić information content (AvgIpc) is 2.35. The quantitative estimate of drug-likeness (QED) is 0.502. The Labute approximate surface area is 114 Å². The summed E-state index contributed by atoms with van der Waals surface area (Å²) in [5.41, 5.74) is 7.62. The Hall–Kier alpha value is -1.41. The van der Waals surface area contributed by atoms with Crippen molar-refractivity contribution in [1.29, 1.82) is 0 Å². The summed E-state index contributed by atoms with van der Waals surface area (Å²) in [5, 5.41) is 0. The third-order valence-corrected chi connectivity index (χ3v) is 2.84. The number of hydrogen-bond acceptors (Lipinski definition) is 6. The van der Waals surface area contributed by atoms with E-state index in [0.29, 0.717) is 22.8 Å². The summed E-state index contributed by atoms with van der Waals surface area (Å²) in [5.74, 6) is 5.76. The van der Waals surface area contributed by atoms with Crippen LogP contribution in [0.1, 0.15) is 19.8 Å². The van der Waals surface area contributed by atoms with Crippen LogP contribution in [0.25, 0.3) is 0 Å². The highest BCUT2D eigenvalue weighted by atomic mass is 79.9. The van der Waals surface area contributed by atoms with Crippen molar-refractivity contribution in [3.63, 3.8) is 0 Å². The summed E-state index contributed by atoms with van der Waals surface area (Å²) >= 11 is 3.35. The fourth-order valence-corrected chi connectivity index (χ4v) is 1.89. The molecular weight excluding hydrogens is 300 g/mol. The van der Waals surface area contributed by atoms with Gasteiger partial charge in [0.15, 0.2) is 0 Å². The number of hydrazine groups is 1. The van der Waals surface area contributed by atoms with Gasteiger partial charge in [0.2, 0.25) is 11.9 Å². The van der Waals surface area contributed by atoms with E-state index in [2.05, 4.69) is 38.2 Å². The number of primary amides is 1.